The summed E-state index contributed by atoms with van der Waals surface area (Å²) in [5.74, 6) is 0.368. The van der Waals surface area contributed by atoms with Crippen LogP contribution in [0, 0.1) is 5.92 Å². The van der Waals surface area contributed by atoms with E-state index < -0.39 is 33.1 Å². The molecule has 0 bridgehead atoms. The summed E-state index contributed by atoms with van der Waals surface area (Å²) in [6, 6.07) is 0. The summed E-state index contributed by atoms with van der Waals surface area (Å²) in [4.78, 5) is 23.9. The molecule has 3 atom stereocenters. The SMILES string of the molecule is CCCCCCCCCC(C)CCCCCCCCC(=O)O[C@@H](CO)COP(=O)([O-])OCC[N+](C)(C)C. The van der Waals surface area contributed by atoms with Crippen LogP contribution in [0.3, 0.4) is 0 Å². The van der Waals surface area contributed by atoms with Crippen LogP contribution in [0.4, 0.5) is 0 Å². The van der Waals surface area contributed by atoms with Gasteiger partial charge < -0.3 is 28.3 Å². The predicted octanol–water partition coefficient (Wildman–Crippen LogP) is 6.00. The fourth-order valence-electron chi connectivity index (χ4n) is 4.07. The number of quaternary nitrogens is 1. The van der Waals surface area contributed by atoms with Crippen molar-refractivity contribution in [2.45, 2.75) is 123 Å². The second kappa shape index (κ2) is 22.3. The average molecular weight is 552 g/mol. The monoisotopic (exact) mass is 551 g/mol. The molecule has 0 saturated heterocycles. The number of carbonyl (C=O) groups is 1. The summed E-state index contributed by atoms with van der Waals surface area (Å²) in [5.41, 5.74) is 0. The Balaban J connectivity index is 3.74. The van der Waals surface area contributed by atoms with Crippen LogP contribution in [0.15, 0.2) is 0 Å². The highest BCUT2D eigenvalue weighted by Crippen LogP contribution is 2.38. The van der Waals surface area contributed by atoms with Crippen molar-refractivity contribution >= 4 is 13.8 Å². The first-order chi connectivity index (χ1) is 17.5. The maximum absolute atomic E-state index is 12.0. The molecular formula is C28H58NO7P. The first kappa shape index (κ1) is 36.5. The van der Waals surface area contributed by atoms with Gasteiger partial charge in [0.1, 0.15) is 19.3 Å². The van der Waals surface area contributed by atoms with Crippen LogP contribution in [0.2, 0.25) is 0 Å². The fourth-order valence-corrected chi connectivity index (χ4v) is 4.80. The van der Waals surface area contributed by atoms with Gasteiger partial charge in [0.05, 0.1) is 34.4 Å². The van der Waals surface area contributed by atoms with Crippen LogP contribution in [0.5, 0.6) is 0 Å². The van der Waals surface area contributed by atoms with Crippen molar-refractivity contribution in [1.82, 2.24) is 0 Å². The standard InChI is InChI=1S/C28H58NO7P/c1-6-7-8-9-10-13-16-19-26(2)20-17-14-11-12-15-18-21-28(31)36-27(24-30)25-35-37(32,33)34-23-22-29(3,4)5/h26-27,30H,6-25H2,1-5H3/t26?,27-/m0/s1. The normalized spacial score (nSPS) is 15.3. The minimum Gasteiger partial charge on any atom is -0.756 e. The highest BCUT2D eigenvalue weighted by molar-refractivity contribution is 7.45. The van der Waals surface area contributed by atoms with Gasteiger partial charge in [0, 0.05) is 6.42 Å². The zero-order valence-electron chi connectivity index (χ0n) is 24.6. The second-order valence-electron chi connectivity index (χ2n) is 11.6. The third-order valence-electron chi connectivity index (χ3n) is 6.56. The molecule has 9 heteroatoms. The summed E-state index contributed by atoms with van der Waals surface area (Å²) in [6.07, 6.45) is 18.0. The van der Waals surface area contributed by atoms with Crippen molar-refractivity contribution in [3.63, 3.8) is 0 Å². The molecule has 37 heavy (non-hydrogen) atoms. The van der Waals surface area contributed by atoms with E-state index >= 15 is 0 Å². The lowest BCUT2D eigenvalue weighted by molar-refractivity contribution is -0.870. The highest BCUT2D eigenvalue weighted by Gasteiger charge is 2.19. The number of phosphoric acid groups is 1. The minimum atomic E-state index is -4.51. The van der Waals surface area contributed by atoms with Crippen molar-refractivity contribution in [1.29, 1.82) is 0 Å². The van der Waals surface area contributed by atoms with E-state index in [4.69, 9.17) is 13.8 Å². The Bertz CT molecular complexity index is 598. The minimum absolute atomic E-state index is 0.00780. The number of aliphatic hydroxyl groups is 1. The molecule has 0 aliphatic rings. The van der Waals surface area contributed by atoms with E-state index in [9.17, 15) is 19.4 Å². The van der Waals surface area contributed by atoms with Crippen LogP contribution in [-0.2, 0) is 23.1 Å². The van der Waals surface area contributed by atoms with Gasteiger partial charge in [-0.3, -0.25) is 9.36 Å². The number of phosphoric ester groups is 1. The van der Waals surface area contributed by atoms with Gasteiger partial charge in [0.15, 0.2) is 0 Å². The molecule has 8 nitrogen and oxygen atoms in total. The Kier molecular flexibility index (Phi) is 22.0. The summed E-state index contributed by atoms with van der Waals surface area (Å²) in [5, 5.41) is 9.39. The van der Waals surface area contributed by atoms with Gasteiger partial charge in [0.2, 0.25) is 0 Å². The van der Waals surface area contributed by atoms with E-state index in [1.807, 2.05) is 21.1 Å². The number of esters is 1. The molecule has 1 N–H and O–H groups in total. The largest absolute Gasteiger partial charge is 0.756 e. The van der Waals surface area contributed by atoms with E-state index in [-0.39, 0.29) is 13.0 Å². The predicted molar refractivity (Wildman–Crippen MR) is 148 cm³/mol. The van der Waals surface area contributed by atoms with Crippen molar-refractivity contribution in [3.05, 3.63) is 0 Å². The molecule has 0 aromatic carbocycles. The second-order valence-corrected chi connectivity index (χ2v) is 13.0. The van der Waals surface area contributed by atoms with Gasteiger partial charge >= 0.3 is 5.97 Å². The number of hydrogen-bond acceptors (Lipinski definition) is 7. The van der Waals surface area contributed by atoms with Crippen LogP contribution in [0.1, 0.15) is 117 Å². The molecule has 0 aromatic heterocycles. The zero-order valence-corrected chi connectivity index (χ0v) is 25.5. The van der Waals surface area contributed by atoms with E-state index in [1.54, 1.807) is 0 Å². The Morgan fingerprint density at radius 2 is 1.38 bits per heavy atom. The van der Waals surface area contributed by atoms with Crippen molar-refractivity contribution in [2.24, 2.45) is 5.92 Å². The number of carbonyl (C=O) groups excluding carboxylic acids is 1. The van der Waals surface area contributed by atoms with Gasteiger partial charge in [-0.25, -0.2) is 0 Å². The van der Waals surface area contributed by atoms with Crippen molar-refractivity contribution < 1.29 is 37.6 Å². The Labute approximate surface area is 227 Å². The lowest BCUT2D eigenvalue weighted by atomic mass is 9.96. The Morgan fingerprint density at radius 1 is 0.865 bits per heavy atom. The molecule has 0 spiro atoms. The van der Waals surface area contributed by atoms with Gasteiger partial charge in [-0.05, 0) is 12.3 Å². The lowest BCUT2D eigenvalue weighted by Gasteiger charge is -2.28. The van der Waals surface area contributed by atoms with Gasteiger partial charge in [-0.2, -0.15) is 0 Å². The van der Waals surface area contributed by atoms with Crippen molar-refractivity contribution in [3.8, 4) is 0 Å². The molecule has 0 rings (SSSR count). The summed E-state index contributed by atoms with van der Waals surface area (Å²) >= 11 is 0. The van der Waals surface area contributed by atoms with Crippen LogP contribution < -0.4 is 4.89 Å². The molecule has 222 valence electrons. The lowest BCUT2D eigenvalue weighted by Crippen LogP contribution is -2.37. The average Bonchev–Trinajstić information content (AvgIpc) is 2.81. The highest BCUT2D eigenvalue weighted by atomic mass is 31.2. The maximum Gasteiger partial charge on any atom is 0.306 e. The number of aliphatic hydroxyl groups excluding tert-OH is 1. The molecule has 0 amide bonds. The number of hydrogen-bond donors (Lipinski definition) is 1. The molecule has 0 aliphatic carbocycles. The summed E-state index contributed by atoms with van der Waals surface area (Å²) < 4.78 is 27.1. The van der Waals surface area contributed by atoms with E-state index in [2.05, 4.69) is 13.8 Å². The van der Waals surface area contributed by atoms with E-state index in [0.717, 1.165) is 25.2 Å². The topological polar surface area (TPSA) is 105 Å². The number of likely N-dealkylation sites (N-methyl/N-ethyl adjacent to an activating group) is 1. The molecule has 0 aliphatic heterocycles. The first-order valence-electron chi connectivity index (χ1n) is 14.7. The van der Waals surface area contributed by atoms with Crippen LogP contribution >= 0.6 is 7.82 Å². The molecular weight excluding hydrogens is 493 g/mol. The van der Waals surface area contributed by atoms with Gasteiger partial charge in [0.25, 0.3) is 7.82 Å². The summed E-state index contributed by atoms with van der Waals surface area (Å²) in [7, 11) is 1.24. The number of ether oxygens (including phenoxy) is 1. The molecule has 0 heterocycles. The third kappa shape index (κ3) is 25.5. The van der Waals surface area contributed by atoms with Gasteiger partial charge in [-0.15, -0.1) is 0 Å². The third-order valence-corrected chi connectivity index (χ3v) is 7.52. The summed E-state index contributed by atoms with van der Waals surface area (Å²) in [6.45, 7) is 4.16. The number of rotatable bonds is 26. The molecule has 0 aromatic rings. The molecule has 0 radical (unpaired) electrons. The Hall–Kier alpha value is -0.500. The van der Waals surface area contributed by atoms with E-state index in [1.165, 1.54) is 77.0 Å². The molecule has 0 fully saturated rings. The zero-order chi connectivity index (χ0) is 28.0. The fraction of sp³-hybridized carbons (Fsp3) is 0.964. The van der Waals surface area contributed by atoms with Crippen LogP contribution in [0.25, 0.3) is 0 Å². The number of unbranched alkanes of at least 4 members (excludes halogenated alkanes) is 11. The number of nitrogens with zero attached hydrogens (tertiary/aromatic N) is 1. The maximum atomic E-state index is 12.0. The Morgan fingerprint density at radius 3 is 1.89 bits per heavy atom. The molecule has 0 saturated carbocycles. The first-order valence-corrected chi connectivity index (χ1v) is 16.2. The van der Waals surface area contributed by atoms with Gasteiger partial charge in [-0.1, -0.05) is 104 Å². The van der Waals surface area contributed by atoms with Crippen LogP contribution in [-0.4, -0.2) is 69.2 Å². The quantitative estimate of drug-likeness (QED) is 0.0609. The smallest absolute Gasteiger partial charge is 0.306 e. The molecule has 2 unspecified atom stereocenters. The van der Waals surface area contributed by atoms with Crippen molar-refractivity contribution in [2.75, 3.05) is 47.5 Å². The van der Waals surface area contributed by atoms with E-state index in [0.29, 0.717) is 11.0 Å².